The highest BCUT2D eigenvalue weighted by Crippen LogP contribution is 2.33. The van der Waals surface area contributed by atoms with Crippen LogP contribution in [0.25, 0.3) is 10.8 Å². The van der Waals surface area contributed by atoms with E-state index in [-0.39, 0.29) is 24.5 Å². The molecule has 5 nitrogen and oxygen atoms in total. The van der Waals surface area contributed by atoms with Gasteiger partial charge in [-0.2, -0.15) is 0 Å². The fourth-order valence-corrected chi connectivity index (χ4v) is 5.14. The number of halogens is 1. The van der Waals surface area contributed by atoms with E-state index in [1.165, 1.54) is 0 Å². The van der Waals surface area contributed by atoms with E-state index in [1.54, 1.807) is 11.8 Å². The number of amides is 2. The number of carbonyl (C=O) groups excluding carboxylic acids is 2. The summed E-state index contributed by atoms with van der Waals surface area (Å²) >= 11 is 3.62. The normalized spacial score (nSPS) is 14.7. The van der Waals surface area contributed by atoms with Crippen molar-refractivity contribution in [3.8, 4) is 5.75 Å². The van der Waals surface area contributed by atoms with Crippen molar-refractivity contribution in [3.63, 3.8) is 0 Å². The van der Waals surface area contributed by atoms with E-state index in [4.69, 9.17) is 4.74 Å². The lowest BCUT2D eigenvalue weighted by Crippen LogP contribution is -2.50. The summed E-state index contributed by atoms with van der Waals surface area (Å²) in [7, 11) is 0. The van der Waals surface area contributed by atoms with Gasteiger partial charge < -0.3 is 15.0 Å². The second-order valence-corrected chi connectivity index (χ2v) is 9.86. The Balaban J connectivity index is 1.50. The Bertz CT molecular complexity index is 1170. The number of hydrogen-bond acceptors (Lipinski definition) is 3. The van der Waals surface area contributed by atoms with Crippen molar-refractivity contribution in [2.24, 2.45) is 0 Å². The van der Waals surface area contributed by atoms with Gasteiger partial charge in [-0.15, -0.1) is 0 Å². The summed E-state index contributed by atoms with van der Waals surface area (Å²) < 4.78 is 6.76. The van der Waals surface area contributed by atoms with Crippen molar-refractivity contribution in [2.75, 3.05) is 6.61 Å². The second-order valence-electron chi connectivity index (χ2n) is 9.06. The van der Waals surface area contributed by atoms with E-state index in [2.05, 4.69) is 21.2 Å². The fraction of sp³-hybridized carbons (Fsp3) is 0.357. The average Bonchev–Trinajstić information content (AvgIpc) is 3.35. The van der Waals surface area contributed by atoms with Crippen LogP contribution in [-0.2, 0) is 16.1 Å². The van der Waals surface area contributed by atoms with Crippen LogP contribution in [0.3, 0.4) is 0 Å². The van der Waals surface area contributed by atoms with Crippen LogP contribution in [0.2, 0.25) is 0 Å². The molecule has 1 N–H and O–H groups in total. The smallest absolute Gasteiger partial charge is 0.261 e. The SMILES string of the molecule is Cc1cccc(CN(C(=O)COc2ccc3ccccc3c2Br)[C@@H](C)C(=O)NC2CCCC2)c1. The molecule has 0 heterocycles. The molecule has 3 aromatic rings. The van der Waals surface area contributed by atoms with Crippen LogP contribution in [0.4, 0.5) is 0 Å². The predicted octanol–water partition coefficient (Wildman–Crippen LogP) is 5.77. The second kappa shape index (κ2) is 11.0. The zero-order valence-electron chi connectivity index (χ0n) is 19.7. The van der Waals surface area contributed by atoms with Gasteiger partial charge in [0.05, 0.1) is 4.47 Å². The minimum absolute atomic E-state index is 0.111. The van der Waals surface area contributed by atoms with Gasteiger partial charge in [0, 0.05) is 12.6 Å². The van der Waals surface area contributed by atoms with Crippen molar-refractivity contribution in [1.82, 2.24) is 10.2 Å². The van der Waals surface area contributed by atoms with Gasteiger partial charge in [-0.05, 0) is 65.0 Å². The first-order chi connectivity index (χ1) is 16.4. The molecule has 0 saturated heterocycles. The number of hydrogen-bond donors (Lipinski definition) is 1. The Morgan fingerprint density at radius 2 is 1.85 bits per heavy atom. The largest absolute Gasteiger partial charge is 0.483 e. The Kier molecular flexibility index (Phi) is 7.88. The molecule has 1 fully saturated rings. The summed E-state index contributed by atoms with van der Waals surface area (Å²) in [6, 6.07) is 19.5. The third-order valence-electron chi connectivity index (χ3n) is 6.48. The Morgan fingerprint density at radius 1 is 1.09 bits per heavy atom. The molecule has 1 aliphatic rings. The van der Waals surface area contributed by atoms with Crippen LogP contribution in [0.5, 0.6) is 5.75 Å². The molecule has 1 saturated carbocycles. The van der Waals surface area contributed by atoms with Gasteiger partial charge in [-0.1, -0.05) is 73.0 Å². The summed E-state index contributed by atoms with van der Waals surface area (Å²) in [5.41, 5.74) is 2.10. The van der Waals surface area contributed by atoms with Crippen LogP contribution < -0.4 is 10.1 Å². The molecule has 34 heavy (non-hydrogen) atoms. The molecule has 0 aromatic heterocycles. The van der Waals surface area contributed by atoms with Gasteiger partial charge in [-0.3, -0.25) is 9.59 Å². The van der Waals surface area contributed by atoms with Crippen LogP contribution >= 0.6 is 15.9 Å². The van der Waals surface area contributed by atoms with Crippen LogP contribution in [0, 0.1) is 6.92 Å². The Labute approximate surface area is 209 Å². The molecule has 4 rings (SSSR count). The molecular formula is C28H31BrN2O3. The molecule has 0 aliphatic heterocycles. The average molecular weight is 523 g/mol. The first-order valence-electron chi connectivity index (χ1n) is 11.9. The number of rotatable bonds is 8. The minimum Gasteiger partial charge on any atom is -0.483 e. The molecule has 0 unspecified atom stereocenters. The van der Waals surface area contributed by atoms with Crippen molar-refractivity contribution in [2.45, 2.75) is 58.2 Å². The molecule has 6 heteroatoms. The van der Waals surface area contributed by atoms with Gasteiger partial charge in [0.15, 0.2) is 6.61 Å². The van der Waals surface area contributed by atoms with Gasteiger partial charge in [0.1, 0.15) is 11.8 Å². The Morgan fingerprint density at radius 3 is 2.62 bits per heavy atom. The van der Waals surface area contributed by atoms with Crippen LogP contribution in [0.15, 0.2) is 65.1 Å². The Hall–Kier alpha value is -2.86. The quantitative estimate of drug-likeness (QED) is 0.408. The molecule has 178 valence electrons. The maximum atomic E-state index is 13.4. The molecular weight excluding hydrogens is 492 g/mol. The van der Waals surface area contributed by atoms with E-state index in [1.807, 2.05) is 67.6 Å². The standard InChI is InChI=1S/C28H31BrN2O3/c1-19-8-7-9-21(16-19)17-31(20(2)28(33)30-23-11-4-5-12-23)26(32)18-34-25-15-14-22-10-3-6-13-24(22)27(25)29/h3,6-10,13-16,20,23H,4-5,11-12,17-18H2,1-2H3,(H,30,33)/t20-/m0/s1. The van der Waals surface area contributed by atoms with E-state index in [9.17, 15) is 9.59 Å². The molecule has 0 radical (unpaired) electrons. The first kappa shape index (κ1) is 24.3. The van der Waals surface area contributed by atoms with Crippen molar-refractivity contribution >= 4 is 38.5 Å². The maximum absolute atomic E-state index is 13.4. The van der Waals surface area contributed by atoms with Crippen LogP contribution in [0.1, 0.15) is 43.7 Å². The third kappa shape index (κ3) is 5.79. The topological polar surface area (TPSA) is 58.6 Å². The highest BCUT2D eigenvalue weighted by atomic mass is 79.9. The van der Waals surface area contributed by atoms with Crippen LogP contribution in [-0.4, -0.2) is 35.4 Å². The molecule has 1 aliphatic carbocycles. The van der Waals surface area contributed by atoms with E-state index in [0.29, 0.717) is 12.3 Å². The van der Waals surface area contributed by atoms with Gasteiger partial charge in [-0.25, -0.2) is 0 Å². The van der Waals surface area contributed by atoms with Crippen molar-refractivity contribution < 1.29 is 14.3 Å². The van der Waals surface area contributed by atoms with E-state index in [0.717, 1.165) is 52.1 Å². The molecule has 0 bridgehead atoms. The number of fused-ring (bicyclic) bond motifs is 1. The van der Waals surface area contributed by atoms with Gasteiger partial charge in [0.2, 0.25) is 5.91 Å². The van der Waals surface area contributed by atoms with Gasteiger partial charge in [0.25, 0.3) is 5.91 Å². The lowest BCUT2D eigenvalue weighted by Gasteiger charge is -2.30. The molecule has 0 spiro atoms. The molecule has 3 aromatic carbocycles. The lowest BCUT2D eigenvalue weighted by atomic mass is 10.1. The summed E-state index contributed by atoms with van der Waals surface area (Å²) in [5, 5.41) is 5.24. The highest BCUT2D eigenvalue weighted by molar-refractivity contribution is 9.10. The maximum Gasteiger partial charge on any atom is 0.261 e. The highest BCUT2D eigenvalue weighted by Gasteiger charge is 2.29. The summed E-state index contributed by atoms with van der Waals surface area (Å²) in [6.07, 6.45) is 4.28. The first-order valence-corrected chi connectivity index (χ1v) is 12.7. The third-order valence-corrected chi connectivity index (χ3v) is 7.30. The minimum atomic E-state index is -0.600. The van der Waals surface area contributed by atoms with E-state index >= 15 is 0 Å². The zero-order chi connectivity index (χ0) is 24.1. The van der Waals surface area contributed by atoms with Crippen molar-refractivity contribution in [3.05, 3.63) is 76.3 Å². The monoisotopic (exact) mass is 522 g/mol. The molecule has 1 atom stereocenters. The number of carbonyl (C=O) groups is 2. The van der Waals surface area contributed by atoms with E-state index < -0.39 is 6.04 Å². The number of benzene rings is 3. The number of nitrogens with one attached hydrogen (secondary N) is 1. The fourth-order valence-electron chi connectivity index (χ4n) is 4.53. The lowest BCUT2D eigenvalue weighted by molar-refractivity contribution is -0.142. The zero-order valence-corrected chi connectivity index (χ0v) is 21.3. The predicted molar refractivity (Wildman–Crippen MR) is 139 cm³/mol. The summed E-state index contributed by atoms with van der Waals surface area (Å²) in [5.74, 6) is 0.265. The number of nitrogens with zero attached hydrogens (tertiary/aromatic N) is 1. The van der Waals surface area contributed by atoms with Crippen molar-refractivity contribution in [1.29, 1.82) is 0 Å². The number of aryl methyl sites for hydroxylation is 1. The molecule has 2 amide bonds. The summed E-state index contributed by atoms with van der Waals surface area (Å²) in [6.45, 7) is 4.02. The van der Waals surface area contributed by atoms with Gasteiger partial charge >= 0.3 is 0 Å². The summed E-state index contributed by atoms with van der Waals surface area (Å²) in [4.78, 5) is 28.0. The number of ether oxygens (including phenoxy) is 1.